The predicted molar refractivity (Wildman–Crippen MR) is 58.8 cm³/mol. The van der Waals surface area contributed by atoms with Crippen LogP contribution in [0.4, 0.5) is 0 Å². The molecule has 0 aliphatic heterocycles. The second-order valence-electron chi connectivity index (χ2n) is 3.17. The highest BCUT2D eigenvalue weighted by molar-refractivity contribution is 5.87. The largest absolute Gasteiger partial charge is 0.464 e. The van der Waals surface area contributed by atoms with Crippen LogP contribution in [0, 0.1) is 0 Å². The number of aromatic nitrogens is 2. The molecule has 80 valence electrons. The molecule has 0 saturated heterocycles. The molecule has 4 heteroatoms. The van der Waals surface area contributed by atoms with E-state index >= 15 is 0 Å². The Labute approximate surface area is 92.9 Å². The van der Waals surface area contributed by atoms with Gasteiger partial charge in [-0.2, -0.15) is 0 Å². The number of pyridine rings is 2. The van der Waals surface area contributed by atoms with Crippen LogP contribution < -0.4 is 0 Å². The van der Waals surface area contributed by atoms with E-state index in [2.05, 4.69) is 14.7 Å². The first-order chi connectivity index (χ1) is 7.81. The minimum Gasteiger partial charge on any atom is -0.464 e. The lowest BCUT2D eigenvalue weighted by Gasteiger charge is -2.01. The predicted octanol–water partition coefficient (Wildman–Crippen LogP) is 1.93. The Morgan fingerprint density at radius 2 is 2.00 bits per heavy atom. The summed E-state index contributed by atoms with van der Waals surface area (Å²) in [5.41, 5.74) is 2.18. The first kappa shape index (κ1) is 10.3. The Kier molecular flexibility index (Phi) is 2.91. The normalized spacial score (nSPS) is 9.81. The lowest BCUT2D eigenvalue weighted by atomic mass is 10.1. The van der Waals surface area contributed by atoms with Crippen molar-refractivity contribution in [2.45, 2.75) is 0 Å². The van der Waals surface area contributed by atoms with Crippen LogP contribution in [0.2, 0.25) is 0 Å². The minimum absolute atomic E-state index is 0.301. The molecule has 2 heterocycles. The Hall–Kier alpha value is -2.23. The number of rotatable bonds is 2. The molecule has 2 rings (SSSR count). The van der Waals surface area contributed by atoms with E-state index in [-0.39, 0.29) is 0 Å². The number of hydrogen-bond acceptors (Lipinski definition) is 4. The van der Waals surface area contributed by atoms with Gasteiger partial charge in [0.1, 0.15) is 5.69 Å². The van der Waals surface area contributed by atoms with Gasteiger partial charge in [-0.1, -0.05) is 12.1 Å². The molecule has 2 aromatic rings. The van der Waals surface area contributed by atoms with E-state index in [9.17, 15) is 4.79 Å². The van der Waals surface area contributed by atoms with Crippen molar-refractivity contribution < 1.29 is 9.53 Å². The molecule has 0 radical (unpaired) electrons. The molecule has 0 fully saturated rings. The lowest BCUT2D eigenvalue weighted by Crippen LogP contribution is -2.03. The molecule has 16 heavy (non-hydrogen) atoms. The minimum atomic E-state index is -0.433. The van der Waals surface area contributed by atoms with Crippen LogP contribution in [0.15, 0.2) is 42.9 Å². The van der Waals surface area contributed by atoms with Gasteiger partial charge in [0.2, 0.25) is 0 Å². The first-order valence-electron chi connectivity index (χ1n) is 4.76. The monoisotopic (exact) mass is 214 g/mol. The Morgan fingerprint density at radius 3 is 2.56 bits per heavy atom. The molecule has 0 bridgehead atoms. The number of carbonyl (C=O) groups is 1. The summed E-state index contributed by atoms with van der Waals surface area (Å²) in [6.45, 7) is 0. The summed E-state index contributed by atoms with van der Waals surface area (Å²) in [4.78, 5) is 19.2. The van der Waals surface area contributed by atoms with Gasteiger partial charge in [0, 0.05) is 29.7 Å². The van der Waals surface area contributed by atoms with Crippen molar-refractivity contribution in [1.29, 1.82) is 0 Å². The third-order valence-corrected chi connectivity index (χ3v) is 2.15. The van der Waals surface area contributed by atoms with E-state index in [0.717, 1.165) is 11.1 Å². The van der Waals surface area contributed by atoms with Crippen molar-refractivity contribution in [2.24, 2.45) is 0 Å². The van der Waals surface area contributed by atoms with Crippen LogP contribution in [-0.2, 0) is 4.74 Å². The summed E-state index contributed by atoms with van der Waals surface area (Å²) in [6.07, 6.45) is 5.08. The number of methoxy groups -OCH3 is 1. The topological polar surface area (TPSA) is 52.1 Å². The fraction of sp³-hybridized carbons (Fsp3) is 0.0833. The molecule has 0 saturated carbocycles. The van der Waals surface area contributed by atoms with Crippen molar-refractivity contribution in [2.75, 3.05) is 7.11 Å². The summed E-state index contributed by atoms with van der Waals surface area (Å²) in [5.74, 6) is -0.433. The fourth-order valence-corrected chi connectivity index (χ4v) is 1.32. The Morgan fingerprint density at radius 1 is 1.19 bits per heavy atom. The molecule has 0 aromatic carbocycles. The van der Waals surface area contributed by atoms with E-state index in [1.54, 1.807) is 24.7 Å². The summed E-state index contributed by atoms with van der Waals surface area (Å²) < 4.78 is 4.57. The smallest absolute Gasteiger partial charge is 0.356 e. The lowest BCUT2D eigenvalue weighted by molar-refractivity contribution is 0.0594. The second kappa shape index (κ2) is 4.53. The number of carbonyl (C=O) groups excluding carboxylic acids is 1. The van der Waals surface area contributed by atoms with Gasteiger partial charge in [-0.15, -0.1) is 0 Å². The zero-order chi connectivity index (χ0) is 11.4. The summed E-state index contributed by atoms with van der Waals surface area (Å²) >= 11 is 0. The molecule has 4 nitrogen and oxygen atoms in total. The van der Waals surface area contributed by atoms with Gasteiger partial charge in [-0.05, 0) is 12.1 Å². The molecule has 0 N–H and O–H groups in total. The van der Waals surface area contributed by atoms with E-state index < -0.39 is 5.97 Å². The summed E-state index contributed by atoms with van der Waals surface area (Å²) in [5, 5.41) is 0. The molecule has 2 aromatic heterocycles. The third kappa shape index (κ3) is 2.06. The van der Waals surface area contributed by atoms with Gasteiger partial charge in [0.05, 0.1) is 7.11 Å². The van der Waals surface area contributed by atoms with E-state index in [0.29, 0.717) is 5.69 Å². The number of esters is 1. The average molecular weight is 214 g/mol. The van der Waals surface area contributed by atoms with Gasteiger partial charge >= 0.3 is 5.97 Å². The fourth-order valence-electron chi connectivity index (χ4n) is 1.32. The molecular formula is C12H10N2O2. The molecule has 0 unspecified atom stereocenters. The second-order valence-corrected chi connectivity index (χ2v) is 3.17. The van der Waals surface area contributed by atoms with Crippen LogP contribution in [0.1, 0.15) is 10.5 Å². The van der Waals surface area contributed by atoms with Gasteiger partial charge in [-0.25, -0.2) is 9.78 Å². The zero-order valence-electron chi connectivity index (χ0n) is 8.75. The Balaban J connectivity index is 2.30. The molecule has 0 aliphatic rings. The molecule has 0 spiro atoms. The maximum absolute atomic E-state index is 11.2. The zero-order valence-corrected chi connectivity index (χ0v) is 8.75. The maximum Gasteiger partial charge on any atom is 0.356 e. The van der Waals surface area contributed by atoms with Crippen molar-refractivity contribution in [3.8, 4) is 11.1 Å². The molecule has 0 aliphatic carbocycles. The number of nitrogens with zero attached hydrogens (tertiary/aromatic N) is 2. The van der Waals surface area contributed by atoms with Crippen molar-refractivity contribution >= 4 is 5.97 Å². The molecule has 0 amide bonds. The quantitative estimate of drug-likeness (QED) is 0.717. The highest BCUT2D eigenvalue weighted by atomic mass is 16.5. The van der Waals surface area contributed by atoms with Gasteiger partial charge in [-0.3, -0.25) is 4.98 Å². The molecular weight excluding hydrogens is 204 g/mol. The van der Waals surface area contributed by atoms with E-state index in [1.807, 2.05) is 18.2 Å². The van der Waals surface area contributed by atoms with Gasteiger partial charge < -0.3 is 4.74 Å². The number of hydrogen-bond donors (Lipinski definition) is 0. The van der Waals surface area contributed by atoms with Crippen LogP contribution in [0.3, 0.4) is 0 Å². The highest BCUT2D eigenvalue weighted by Crippen LogP contribution is 2.16. The first-order valence-corrected chi connectivity index (χ1v) is 4.76. The third-order valence-electron chi connectivity index (χ3n) is 2.15. The Bertz CT molecular complexity index is 480. The van der Waals surface area contributed by atoms with Gasteiger partial charge in [0.25, 0.3) is 0 Å². The average Bonchev–Trinajstić information content (AvgIpc) is 2.39. The summed E-state index contributed by atoms with van der Waals surface area (Å²) in [7, 11) is 1.33. The van der Waals surface area contributed by atoms with Crippen molar-refractivity contribution in [1.82, 2.24) is 9.97 Å². The maximum atomic E-state index is 11.2. The summed E-state index contributed by atoms with van der Waals surface area (Å²) in [6, 6.07) is 7.23. The standard InChI is InChI=1S/C12H10N2O2/c1-16-12(15)11-5-4-10(8-14-11)9-3-2-6-13-7-9/h2-8H,1H3. The van der Waals surface area contributed by atoms with E-state index in [1.165, 1.54) is 7.11 Å². The van der Waals surface area contributed by atoms with Crippen molar-refractivity contribution in [3.05, 3.63) is 48.5 Å². The SMILES string of the molecule is COC(=O)c1ccc(-c2cccnc2)cn1. The van der Waals surface area contributed by atoms with E-state index in [4.69, 9.17) is 0 Å². The highest BCUT2D eigenvalue weighted by Gasteiger charge is 2.06. The molecule has 0 atom stereocenters. The van der Waals surface area contributed by atoms with Crippen LogP contribution in [0.25, 0.3) is 11.1 Å². The van der Waals surface area contributed by atoms with Crippen LogP contribution in [0.5, 0.6) is 0 Å². The van der Waals surface area contributed by atoms with Gasteiger partial charge in [0.15, 0.2) is 0 Å². The van der Waals surface area contributed by atoms with Crippen LogP contribution >= 0.6 is 0 Å². The van der Waals surface area contributed by atoms with Crippen LogP contribution in [-0.4, -0.2) is 23.0 Å². The number of ether oxygens (including phenoxy) is 1. The van der Waals surface area contributed by atoms with Crippen molar-refractivity contribution in [3.63, 3.8) is 0 Å².